The van der Waals surface area contributed by atoms with Gasteiger partial charge in [0.1, 0.15) is 5.49 Å². The Hall–Kier alpha value is -3.28. The number of fused-ring (bicyclic) bond motifs is 3. The first-order chi connectivity index (χ1) is 15.3. The van der Waals surface area contributed by atoms with Gasteiger partial charge in [-0.05, 0) is 62.4 Å². The predicted octanol–water partition coefficient (Wildman–Crippen LogP) is 4.54. The molecule has 0 unspecified atom stereocenters. The van der Waals surface area contributed by atoms with Gasteiger partial charge in [0.2, 0.25) is 0 Å². The fourth-order valence-electron chi connectivity index (χ4n) is 4.78. The van der Waals surface area contributed by atoms with Crippen LogP contribution in [0.1, 0.15) is 41.6 Å². The second kappa shape index (κ2) is 8.34. The van der Waals surface area contributed by atoms with Crippen molar-refractivity contribution in [1.29, 1.82) is 0 Å². The fraction of sp³-hybridized carbons (Fsp3) is 0.385. The Balaban J connectivity index is 2.05. The van der Waals surface area contributed by atoms with Crippen molar-refractivity contribution in [2.45, 2.75) is 46.6 Å². The monoisotopic (exact) mass is 433 g/mol. The lowest BCUT2D eigenvalue weighted by molar-refractivity contribution is 0.353. The largest absolute Gasteiger partial charge is 0.493 e. The van der Waals surface area contributed by atoms with Crippen molar-refractivity contribution in [3.05, 3.63) is 68.6 Å². The van der Waals surface area contributed by atoms with E-state index < -0.39 is 0 Å². The van der Waals surface area contributed by atoms with Gasteiger partial charge in [-0.2, -0.15) is 0 Å². The zero-order chi connectivity index (χ0) is 23.2. The molecule has 6 heteroatoms. The summed E-state index contributed by atoms with van der Waals surface area (Å²) < 4.78 is 14.6. The van der Waals surface area contributed by atoms with E-state index in [9.17, 15) is 4.79 Å². The zero-order valence-electron chi connectivity index (χ0n) is 19.9. The lowest BCUT2D eigenvalue weighted by Gasteiger charge is -2.30. The number of rotatable bonds is 4. The summed E-state index contributed by atoms with van der Waals surface area (Å²) in [6.07, 6.45) is 1.62. The number of aryl methyl sites for hydroxylation is 3. The van der Waals surface area contributed by atoms with E-state index in [1.807, 2.05) is 22.8 Å². The van der Waals surface area contributed by atoms with Gasteiger partial charge in [-0.3, -0.25) is 9.13 Å². The number of hydrogen-bond acceptors (Lipinski definition) is 4. The average molecular weight is 434 g/mol. The molecule has 1 aromatic heterocycles. The Morgan fingerprint density at radius 2 is 1.62 bits per heavy atom. The molecule has 0 saturated carbocycles. The Morgan fingerprint density at radius 3 is 2.22 bits per heavy atom. The Kier molecular flexibility index (Phi) is 5.71. The zero-order valence-corrected chi connectivity index (χ0v) is 19.9. The van der Waals surface area contributed by atoms with Gasteiger partial charge < -0.3 is 9.47 Å². The minimum absolute atomic E-state index is 0.0593. The minimum atomic E-state index is -0.0593. The number of benzene rings is 2. The van der Waals surface area contributed by atoms with Gasteiger partial charge in [0.15, 0.2) is 11.5 Å². The SMILES string of the molecule is CC[C@H]1Cc2cc(OC)c(OC)cc2-c2cc(=Nc3c(C)cc(C)cc3C)n(C)c(=O)n21. The van der Waals surface area contributed by atoms with E-state index in [2.05, 4.69) is 39.8 Å². The predicted molar refractivity (Wildman–Crippen MR) is 127 cm³/mol. The van der Waals surface area contributed by atoms with E-state index in [1.54, 1.807) is 25.8 Å². The molecule has 0 aliphatic carbocycles. The van der Waals surface area contributed by atoms with E-state index >= 15 is 0 Å². The molecule has 0 saturated heterocycles. The number of nitrogens with zero attached hydrogens (tertiary/aromatic N) is 3. The standard InChI is InChI=1S/C26H31N3O3/c1-8-19-11-18-12-22(31-6)23(32-7)13-20(18)21-14-24(28(5)26(30)29(19)21)27-25-16(3)9-15(2)10-17(25)4/h9-10,12-14,19H,8,11H2,1-7H3/t19-/m0/s1. The van der Waals surface area contributed by atoms with Crippen molar-refractivity contribution >= 4 is 5.69 Å². The topological polar surface area (TPSA) is 57.8 Å². The maximum atomic E-state index is 13.5. The Labute approximate surface area is 188 Å². The Morgan fingerprint density at radius 1 is 1.00 bits per heavy atom. The normalized spacial score (nSPS) is 15.3. The van der Waals surface area contributed by atoms with Crippen LogP contribution in [0.25, 0.3) is 11.3 Å². The molecule has 1 aliphatic rings. The molecule has 1 atom stereocenters. The van der Waals surface area contributed by atoms with Crippen LogP contribution >= 0.6 is 0 Å². The van der Waals surface area contributed by atoms with Crippen LogP contribution in [0.4, 0.5) is 5.69 Å². The lowest BCUT2D eigenvalue weighted by atomic mass is 9.91. The van der Waals surface area contributed by atoms with Crippen molar-refractivity contribution in [3.63, 3.8) is 0 Å². The highest BCUT2D eigenvalue weighted by Crippen LogP contribution is 2.40. The minimum Gasteiger partial charge on any atom is -0.493 e. The summed E-state index contributed by atoms with van der Waals surface area (Å²) in [7, 11) is 5.07. The highest BCUT2D eigenvalue weighted by molar-refractivity contribution is 5.70. The second-order valence-electron chi connectivity index (χ2n) is 8.59. The van der Waals surface area contributed by atoms with E-state index in [-0.39, 0.29) is 11.7 Å². The summed E-state index contributed by atoms with van der Waals surface area (Å²) in [4.78, 5) is 18.5. The van der Waals surface area contributed by atoms with Gasteiger partial charge in [0.05, 0.1) is 25.6 Å². The number of ether oxygens (including phenoxy) is 2. The van der Waals surface area contributed by atoms with Gasteiger partial charge in [0.25, 0.3) is 0 Å². The van der Waals surface area contributed by atoms with E-state index in [0.717, 1.165) is 46.5 Å². The third-order valence-corrected chi connectivity index (χ3v) is 6.40. The molecule has 2 aromatic carbocycles. The highest BCUT2D eigenvalue weighted by Gasteiger charge is 2.27. The Bertz CT molecular complexity index is 1310. The number of methoxy groups -OCH3 is 2. The highest BCUT2D eigenvalue weighted by atomic mass is 16.5. The van der Waals surface area contributed by atoms with Crippen LogP contribution in [0.5, 0.6) is 11.5 Å². The molecule has 2 heterocycles. The molecule has 0 radical (unpaired) electrons. The van der Waals surface area contributed by atoms with Crippen molar-refractivity contribution in [3.8, 4) is 22.8 Å². The van der Waals surface area contributed by atoms with E-state index in [4.69, 9.17) is 14.5 Å². The van der Waals surface area contributed by atoms with Crippen molar-refractivity contribution in [1.82, 2.24) is 9.13 Å². The molecule has 1 aliphatic heterocycles. The molecular formula is C26H31N3O3. The smallest absolute Gasteiger partial charge is 0.330 e. The quantitative estimate of drug-likeness (QED) is 0.607. The maximum absolute atomic E-state index is 13.5. The summed E-state index contributed by atoms with van der Waals surface area (Å²) in [5.41, 5.74) is 7.88. The van der Waals surface area contributed by atoms with Gasteiger partial charge >= 0.3 is 5.69 Å². The van der Waals surface area contributed by atoms with Crippen LogP contribution in [-0.2, 0) is 13.5 Å². The molecular weight excluding hydrogens is 402 g/mol. The van der Waals surface area contributed by atoms with Gasteiger partial charge in [-0.15, -0.1) is 0 Å². The maximum Gasteiger partial charge on any atom is 0.330 e. The first kappa shape index (κ1) is 21.9. The van der Waals surface area contributed by atoms with Gasteiger partial charge in [0, 0.05) is 24.7 Å². The summed E-state index contributed by atoms with van der Waals surface area (Å²) >= 11 is 0. The van der Waals surface area contributed by atoms with Gasteiger partial charge in [-0.25, -0.2) is 9.79 Å². The van der Waals surface area contributed by atoms with Crippen molar-refractivity contribution < 1.29 is 9.47 Å². The summed E-state index contributed by atoms with van der Waals surface area (Å²) in [5.74, 6) is 1.35. The van der Waals surface area contributed by atoms with E-state index in [1.165, 1.54) is 5.56 Å². The molecule has 0 spiro atoms. The summed E-state index contributed by atoms with van der Waals surface area (Å²) in [6.45, 7) is 8.32. The molecule has 0 N–H and O–H groups in total. The average Bonchev–Trinajstić information content (AvgIpc) is 2.77. The van der Waals surface area contributed by atoms with Crippen LogP contribution in [-0.4, -0.2) is 23.4 Å². The van der Waals surface area contributed by atoms with Crippen LogP contribution in [0.3, 0.4) is 0 Å². The molecule has 6 nitrogen and oxygen atoms in total. The van der Waals surface area contributed by atoms with Crippen LogP contribution in [0, 0.1) is 20.8 Å². The van der Waals surface area contributed by atoms with Gasteiger partial charge in [-0.1, -0.05) is 24.6 Å². The first-order valence-corrected chi connectivity index (χ1v) is 11.0. The van der Waals surface area contributed by atoms with Crippen LogP contribution in [0.15, 0.2) is 40.1 Å². The molecule has 0 bridgehead atoms. The second-order valence-corrected chi connectivity index (χ2v) is 8.59. The number of aromatic nitrogens is 2. The molecule has 4 rings (SSSR count). The summed E-state index contributed by atoms with van der Waals surface area (Å²) in [6, 6.07) is 10.3. The molecule has 168 valence electrons. The van der Waals surface area contributed by atoms with Crippen molar-refractivity contribution in [2.24, 2.45) is 12.0 Å². The van der Waals surface area contributed by atoms with Crippen molar-refractivity contribution in [2.75, 3.05) is 14.2 Å². The first-order valence-electron chi connectivity index (χ1n) is 11.0. The lowest BCUT2D eigenvalue weighted by Crippen LogP contribution is -2.42. The number of hydrogen-bond donors (Lipinski definition) is 0. The third kappa shape index (κ3) is 3.53. The molecule has 0 amide bonds. The third-order valence-electron chi connectivity index (χ3n) is 6.40. The van der Waals surface area contributed by atoms with E-state index in [0.29, 0.717) is 17.0 Å². The fourth-order valence-corrected chi connectivity index (χ4v) is 4.78. The molecule has 0 fully saturated rings. The van der Waals surface area contributed by atoms with Crippen LogP contribution in [0.2, 0.25) is 0 Å². The summed E-state index contributed by atoms with van der Waals surface area (Å²) in [5, 5.41) is 0. The molecule has 32 heavy (non-hydrogen) atoms. The molecule has 3 aromatic rings. The van der Waals surface area contributed by atoms with Crippen LogP contribution < -0.4 is 20.7 Å².